The van der Waals surface area contributed by atoms with Crippen LogP contribution in [-0.2, 0) is 9.53 Å². The third-order valence-corrected chi connectivity index (χ3v) is 4.54. The van der Waals surface area contributed by atoms with Crippen LogP contribution in [0.2, 0.25) is 0 Å². The van der Waals surface area contributed by atoms with E-state index in [-0.39, 0.29) is 25.0 Å². The first-order chi connectivity index (χ1) is 15.5. The number of anilines is 2. The van der Waals surface area contributed by atoms with Gasteiger partial charge < -0.3 is 20.1 Å². The van der Waals surface area contributed by atoms with Crippen LogP contribution in [0.25, 0.3) is 0 Å². The number of ether oxygens (including phenoxy) is 2. The van der Waals surface area contributed by atoms with Crippen LogP contribution in [0.5, 0.6) is 5.75 Å². The molecule has 7 heteroatoms. The Hall–Kier alpha value is -4.13. The molecule has 3 aromatic carbocycles. The fourth-order valence-electron chi connectivity index (χ4n) is 2.89. The zero-order valence-corrected chi connectivity index (χ0v) is 17.9. The first kappa shape index (κ1) is 22.6. The van der Waals surface area contributed by atoms with Gasteiger partial charge in [0.2, 0.25) is 0 Å². The molecule has 0 fully saturated rings. The average Bonchev–Trinajstić information content (AvgIpc) is 2.80. The molecule has 0 radical (unpaired) electrons. The Morgan fingerprint density at radius 3 is 2.31 bits per heavy atom. The molecule has 0 saturated carbocycles. The van der Waals surface area contributed by atoms with Crippen LogP contribution in [-0.4, -0.2) is 31.0 Å². The molecule has 0 spiro atoms. The highest BCUT2D eigenvalue weighted by Crippen LogP contribution is 2.21. The van der Waals surface area contributed by atoms with Gasteiger partial charge in [-0.05, 0) is 55.8 Å². The predicted molar refractivity (Wildman–Crippen MR) is 122 cm³/mol. The number of aryl methyl sites for hydroxylation is 1. The molecular formula is C25H24N2O5. The van der Waals surface area contributed by atoms with Gasteiger partial charge in [-0.1, -0.05) is 30.3 Å². The molecule has 164 valence electrons. The lowest BCUT2D eigenvalue weighted by atomic mass is 10.1. The second kappa shape index (κ2) is 10.8. The molecule has 0 aromatic heterocycles. The molecule has 2 amide bonds. The summed E-state index contributed by atoms with van der Waals surface area (Å²) in [7, 11) is 0. The molecule has 7 nitrogen and oxygen atoms in total. The van der Waals surface area contributed by atoms with Crippen molar-refractivity contribution in [2.45, 2.75) is 13.8 Å². The van der Waals surface area contributed by atoms with Crippen LogP contribution in [0.4, 0.5) is 11.4 Å². The van der Waals surface area contributed by atoms with Gasteiger partial charge in [0.1, 0.15) is 5.75 Å². The van der Waals surface area contributed by atoms with Crippen molar-refractivity contribution in [3.8, 4) is 5.75 Å². The smallest absolute Gasteiger partial charge is 0.344 e. The number of benzene rings is 3. The first-order valence-electron chi connectivity index (χ1n) is 10.1. The first-order valence-corrected chi connectivity index (χ1v) is 10.1. The average molecular weight is 432 g/mol. The van der Waals surface area contributed by atoms with Crippen LogP contribution in [0.15, 0.2) is 72.8 Å². The lowest BCUT2D eigenvalue weighted by Crippen LogP contribution is -2.16. The van der Waals surface area contributed by atoms with E-state index in [0.717, 1.165) is 5.56 Å². The number of nitrogens with one attached hydrogen (secondary N) is 2. The van der Waals surface area contributed by atoms with E-state index in [1.165, 1.54) is 0 Å². The monoisotopic (exact) mass is 432 g/mol. The van der Waals surface area contributed by atoms with Crippen LogP contribution < -0.4 is 15.4 Å². The van der Waals surface area contributed by atoms with E-state index in [2.05, 4.69) is 10.6 Å². The van der Waals surface area contributed by atoms with Crippen molar-refractivity contribution >= 4 is 29.2 Å². The highest BCUT2D eigenvalue weighted by Gasteiger charge is 2.12. The van der Waals surface area contributed by atoms with Gasteiger partial charge in [-0.15, -0.1) is 0 Å². The Morgan fingerprint density at radius 2 is 1.56 bits per heavy atom. The Balaban J connectivity index is 1.68. The second-order valence-corrected chi connectivity index (χ2v) is 6.93. The number of rotatable bonds is 8. The van der Waals surface area contributed by atoms with Crippen LogP contribution in [0, 0.1) is 6.92 Å². The summed E-state index contributed by atoms with van der Waals surface area (Å²) in [4.78, 5) is 36.7. The molecular weight excluding hydrogens is 408 g/mol. The van der Waals surface area contributed by atoms with Crippen LogP contribution in [0.1, 0.15) is 33.2 Å². The van der Waals surface area contributed by atoms with E-state index in [4.69, 9.17) is 9.47 Å². The van der Waals surface area contributed by atoms with Gasteiger partial charge in [-0.25, -0.2) is 4.79 Å². The standard InChI is InChI=1S/C25H24N2O5/c1-3-31-23(28)16-32-21-11-7-10-20(15-21)26-25(30)19-13-12-17(2)22(14-19)27-24(29)18-8-5-4-6-9-18/h4-15H,3,16H2,1-2H3,(H,26,30)(H,27,29). The largest absolute Gasteiger partial charge is 0.482 e. The minimum Gasteiger partial charge on any atom is -0.482 e. The summed E-state index contributed by atoms with van der Waals surface area (Å²) in [5, 5.41) is 5.64. The molecule has 0 saturated heterocycles. The van der Waals surface area contributed by atoms with Crippen molar-refractivity contribution in [3.63, 3.8) is 0 Å². The molecule has 0 aliphatic rings. The minimum atomic E-state index is -0.466. The molecule has 0 unspecified atom stereocenters. The molecule has 32 heavy (non-hydrogen) atoms. The van der Waals surface area contributed by atoms with E-state index in [1.807, 2.05) is 13.0 Å². The number of esters is 1. The molecule has 0 bridgehead atoms. The van der Waals surface area contributed by atoms with Gasteiger partial charge in [0.05, 0.1) is 6.61 Å². The van der Waals surface area contributed by atoms with E-state index >= 15 is 0 Å². The maximum absolute atomic E-state index is 12.8. The third-order valence-electron chi connectivity index (χ3n) is 4.54. The Morgan fingerprint density at radius 1 is 0.812 bits per heavy atom. The highest BCUT2D eigenvalue weighted by atomic mass is 16.6. The fraction of sp³-hybridized carbons (Fsp3) is 0.160. The van der Waals surface area contributed by atoms with Crippen molar-refractivity contribution < 1.29 is 23.9 Å². The summed E-state index contributed by atoms with van der Waals surface area (Å²) in [6.45, 7) is 3.64. The van der Waals surface area contributed by atoms with Gasteiger partial charge in [0, 0.05) is 28.6 Å². The zero-order valence-electron chi connectivity index (χ0n) is 17.9. The second-order valence-electron chi connectivity index (χ2n) is 6.93. The van der Waals surface area contributed by atoms with Crippen molar-refractivity contribution in [3.05, 3.63) is 89.5 Å². The van der Waals surface area contributed by atoms with Gasteiger partial charge in [-0.2, -0.15) is 0 Å². The van der Waals surface area contributed by atoms with E-state index in [9.17, 15) is 14.4 Å². The van der Waals surface area contributed by atoms with E-state index in [1.54, 1.807) is 73.7 Å². The summed E-state index contributed by atoms with van der Waals surface area (Å²) in [6.07, 6.45) is 0. The third kappa shape index (κ3) is 6.18. The number of amides is 2. The minimum absolute atomic E-state index is 0.215. The normalized spacial score (nSPS) is 10.2. The highest BCUT2D eigenvalue weighted by molar-refractivity contribution is 6.07. The zero-order chi connectivity index (χ0) is 22.9. The van der Waals surface area contributed by atoms with Crippen molar-refractivity contribution in [2.24, 2.45) is 0 Å². The summed E-state index contributed by atoms with van der Waals surface area (Å²) in [5.74, 6) is -0.636. The molecule has 2 N–H and O–H groups in total. The van der Waals surface area contributed by atoms with Crippen molar-refractivity contribution in [1.82, 2.24) is 0 Å². The number of carbonyl (C=O) groups excluding carboxylic acids is 3. The summed E-state index contributed by atoms with van der Waals surface area (Å²) < 4.78 is 10.2. The predicted octanol–water partition coefficient (Wildman–Crippen LogP) is 4.44. The van der Waals surface area contributed by atoms with Crippen LogP contribution >= 0.6 is 0 Å². The number of carbonyl (C=O) groups is 3. The molecule has 0 aliphatic carbocycles. The van der Waals surface area contributed by atoms with Crippen molar-refractivity contribution in [2.75, 3.05) is 23.8 Å². The molecule has 0 aliphatic heterocycles. The van der Waals surface area contributed by atoms with E-state index < -0.39 is 5.97 Å². The Kier molecular flexibility index (Phi) is 7.59. The lowest BCUT2D eigenvalue weighted by molar-refractivity contribution is -0.145. The molecule has 0 heterocycles. The van der Waals surface area contributed by atoms with Gasteiger partial charge in [0.15, 0.2) is 6.61 Å². The van der Waals surface area contributed by atoms with Gasteiger partial charge in [-0.3, -0.25) is 9.59 Å². The van der Waals surface area contributed by atoms with E-state index in [0.29, 0.717) is 28.3 Å². The van der Waals surface area contributed by atoms with Gasteiger partial charge >= 0.3 is 5.97 Å². The lowest BCUT2D eigenvalue weighted by Gasteiger charge is -2.12. The molecule has 3 rings (SSSR count). The maximum atomic E-state index is 12.8. The summed E-state index contributed by atoms with van der Waals surface area (Å²) in [5.41, 5.74) is 2.81. The van der Waals surface area contributed by atoms with Crippen molar-refractivity contribution in [1.29, 1.82) is 0 Å². The summed E-state index contributed by atoms with van der Waals surface area (Å²) in [6, 6.07) is 20.7. The summed E-state index contributed by atoms with van der Waals surface area (Å²) >= 11 is 0. The Labute approximate surface area is 186 Å². The van der Waals surface area contributed by atoms with Crippen LogP contribution in [0.3, 0.4) is 0 Å². The molecule has 3 aromatic rings. The fourth-order valence-corrected chi connectivity index (χ4v) is 2.89. The Bertz CT molecular complexity index is 1110. The SMILES string of the molecule is CCOC(=O)COc1cccc(NC(=O)c2ccc(C)c(NC(=O)c3ccccc3)c2)c1. The maximum Gasteiger partial charge on any atom is 0.344 e. The number of hydrogen-bond acceptors (Lipinski definition) is 5. The quantitative estimate of drug-likeness (QED) is 0.513. The molecule has 0 atom stereocenters. The van der Waals surface area contributed by atoms with Gasteiger partial charge in [0.25, 0.3) is 11.8 Å². The number of hydrogen-bond donors (Lipinski definition) is 2. The topological polar surface area (TPSA) is 93.7 Å².